The molecule has 0 unspecified atom stereocenters. The fourth-order valence-corrected chi connectivity index (χ4v) is 6.60. The van der Waals surface area contributed by atoms with Gasteiger partial charge in [0.2, 0.25) is 0 Å². The molecule has 9 nitrogen and oxygen atoms in total. The van der Waals surface area contributed by atoms with Crippen molar-refractivity contribution in [1.82, 2.24) is 15.0 Å². The molecule has 0 radical (unpaired) electrons. The highest BCUT2D eigenvalue weighted by Crippen LogP contribution is 2.39. The summed E-state index contributed by atoms with van der Waals surface area (Å²) in [5.74, 6) is 0. The maximum Gasteiger partial charge on any atom is 0.299 e. The molecule has 0 amide bonds. The molecule has 42 heavy (non-hydrogen) atoms. The van der Waals surface area contributed by atoms with Crippen molar-refractivity contribution in [3.05, 3.63) is 85.2 Å². The van der Waals surface area contributed by atoms with Gasteiger partial charge in [-0.2, -0.15) is 0 Å². The molecular weight excluding hydrogens is 595 g/mol. The van der Waals surface area contributed by atoms with Crippen LogP contribution in [-0.2, 0) is 14.4 Å². The van der Waals surface area contributed by atoms with Crippen molar-refractivity contribution in [3.63, 3.8) is 0 Å². The molecule has 0 aliphatic heterocycles. The van der Waals surface area contributed by atoms with E-state index in [1.165, 1.54) is 34.0 Å². The van der Waals surface area contributed by atoms with Crippen LogP contribution in [0.3, 0.4) is 0 Å². The number of pyridine rings is 3. The number of rotatable bonds is 11. The van der Waals surface area contributed by atoms with Crippen LogP contribution in [0.15, 0.2) is 85.2 Å². The standard InChI is InChI=1S/C30H17N3O6S3/c34-15-37-28-4-1-25(40-28)18-7-9-31-21(11-18)23-13-20(27-3-6-30(42-27)39-17-36)14-24(33-23)22-12-19(8-10-32-22)26-2-5-29(41-26)38-16-35/h1-17H. The minimum Gasteiger partial charge on any atom is -0.418 e. The largest absolute Gasteiger partial charge is 0.418 e. The summed E-state index contributed by atoms with van der Waals surface area (Å²) in [4.78, 5) is 49.2. The molecule has 0 aliphatic rings. The average Bonchev–Trinajstić information content (AvgIpc) is 3.80. The Bertz CT molecular complexity index is 1800. The van der Waals surface area contributed by atoms with E-state index in [9.17, 15) is 14.4 Å². The van der Waals surface area contributed by atoms with E-state index in [1.54, 1.807) is 30.6 Å². The third-order valence-electron chi connectivity index (χ3n) is 5.96. The third kappa shape index (κ3) is 5.86. The van der Waals surface area contributed by atoms with Crippen LogP contribution in [-0.4, -0.2) is 34.4 Å². The molecule has 0 bridgehead atoms. The quantitative estimate of drug-likeness (QED) is 0.143. The fourth-order valence-electron chi connectivity index (χ4n) is 4.14. The number of ether oxygens (including phenoxy) is 3. The first-order chi connectivity index (χ1) is 20.6. The zero-order chi connectivity index (χ0) is 28.9. The monoisotopic (exact) mass is 611 g/mol. The van der Waals surface area contributed by atoms with E-state index in [0.29, 0.717) is 57.4 Å². The lowest BCUT2D eigenvalue weighted by Gasteiger charge is -2.10. The molecule has 0 N–H and O–H groups in total. The number of carbonyl (C=O) groups is 3. The van der Waals surface area contributed by atoms with Crippen LogP contribution < -0.4 is 14.2 Å². The van der Waals surface area contributed by atoms with Crippen molar-refractivity contribution in [3.8, 4) is 69.3 Å². The van der Waals surface area contributed by atoms with Crippen LogP contribution in [0.1, 0.15) is 0 Å². The van der Waals surface area contributed by atoms with Gasteiger partial charge in [-0.15, -0.1) is 0 Å². The maximum atomic E-state index is 10.9. The summed E-state index contributed by atoms with van der Waals surface area (Å²) in [6.45, 7) is 1.20. The number of aromatic nitrogens is 3. The van der Waals surface area contributed by atoms with Crippen LogP contribution in [0, 0.1) is 0 Å². The number of thiophene rings is 3. The molecule has 6 aromatic rings. The van der Waals surface area contributed by atoms with Gasteiger partial charge in [-0.05, 0) is 89.5 Å². The Balaban J connectivity index is 1.44. The molecule has 0 saturated heterocycles. The first-order valence-electron chi connectivity index (χ1n) is 12.2. The zero-order valence-electron chi connectivity index (χ0n) is 21.3. The van der Waals surface area contributed by atoms with Gasteiger partial charge in [0, 0.05) is 27.0 Å². The molecule has 0 fully saturated rings. The van der Waals surface area contributed by atoms with Crippen molar-refractivity contribution < 1.29 is 28.6 Å². The molecule has 6 heterocycles. The SMILES string of the molecule is O=COc1ccc(-c2ccnc(-c3cc(-c4ccc(OC=O)s4)cc(-c4cc(-c5ccc(OC=O)s5)ccn4)n3)c2)s1. The summed E-state index contributed by atoms with van der Waals surface area (Å²) in [5.41, 5.74) is 5.12. The van der Waals surface area contributed by atoms with E-state index in [2.05, 4.69) is 9.97 Å². The first-order valence-corrected chi connectivity index (χ1v) is 14.6. The Morgan fingerprint density at radius 3 is 1.26 bits per heavy atom. The second kappa shape index (κ2) is 12.2. The normalized spacial score (nSPS) is 10.7. The van der Waals surface area contributed by atoms with E-state index in [4.69, 9.17) is 19.2 Å². The van der Waals surface area contributed by atoms with Gasteiger partial charge in [-0.1, -0.05) is 34.0 Å². The predicted molar refractivity (Wildman–Crippen MR) is 161 cm³/mol. The van der Waals surface area contributed by atoms with Crippen molar-refractivity contribution in [2.45, 2.75) is 0 Å². The van der Waals surface area contributed by atoms with E-state index < -0.39 is 0 Å². The fraction of sp³-hybridized carbons (Fsp3) is 0. The van der Waals surface area contributed by atoms with Crippen LogP contribution in [0.4, 0.5) is 0 Å². The van der Waals surface area contributed by atoms with Gasteiger partial charge >= 0.3 is 0 Å². The van der Waals surface area contributed by atoms with Gasteiger partial charge in [-0.3, -0.25) is 24.4 Å². The van der Waals surface area contributed by atoms with E-state index in [0.717, 1.165) is 31.3 Å². The van der Waals surface area contributed by atoms with Gasteiger partial charge in [0.1, 0.15) is 0 Å². The molecule has 6 aromatic heterocycles. The maximum absolute atomic E-state index is 10.9. The van der Waals surface area contributed by atoms with Crippen LogP contribution in [0.25, 0.3) is 54.1 Å². The Kier molecular flexibility index (Phi) is 7.90. The minimum atomic E-state index is 0.399. The number of carbonyl (C=O) groups excluding carboxylic acids is 3. The molecule has 6 rings (SSSR count). The Hall–Kier alpha value is -5.04. The van der Waals surface area contributed by atoms with Crippen molar-refractivity contribution >= 4 is 53.4 Å². The van der Waals surface area contributed by atoms with Gasteiger partial charge in [0.05, 0.1) is 22.8 Å². The topological polar surface area (TPSA) is 118 Å². The molecule has 0 spiro atoms. The molecule has 12 heteroatoms. The highest BCUT2D eigenvalue weighted by molar-refractivity contribution is 7.18. The summed E-state index contributed by atoms with van der Waals surface area (Å²) in [6.07, 6.45) is 3.41. The highest BCUT2D eigenvalue weighted by atomic mass is 32.1. The second-order valence-electron chi connectivity index (χ2n) is 8.48. The number of hydrogen-bond donors (Lipinski definition) is 0. The van der Waals surface area contributed by atoms with E-state index in [-0.39, 0.29) is 0 Å². The number of hydrogen-bond acceptors (Lipinski definition) is 12. The summed E-state index contributed by atoms with van der Waals surface area (Å²) in [6, 6.07) is 22.3. The lowest BCUT2D eigenvalue weighted by molar-refractivity contribution is -0.121. The smallest absolute Gasteiger partial charge is 0.299 e. The highest BCUT2D eigenvalue weighted by Gasteiger charge is 2.15. The van der Waals surface area contributed by atoms with Crippen LogP contribution in [0.5, 0.6) is 15.2 Å². The molecular formula is C30H17N3O6S3. The Morgan fingerprint density at radius 1 is 0.476 bits per heavy atom. The Morgan fingerprint density at radius 2 is 0.857 bits per heavy atom. The van der Waals surface area contributed by atoms with Gasteiger partial charge in [0.15, 0.2) is 15.2 Å². The van der Waals surface area contributed by atoms with Crippen LogP contribution >= 0.6 is 34.0 Å². The molecule has 0 aliphatic carbocycles. The second-order valence-corrected chi connectivity index (χ2v) is 11.6. The van der Waals surface area contributed by atoms with Gasteiger partial charge in [0.25, 0.3) is 19.4 Å². The Labute approximate surface area is 250 Å². The van der Waals surface area contributed by atoms with Crippen molar-refractivity contribution in [2.24, 2.45) is 0 Å². The lowest BCUT2D eigenvalue weighted by Crippen LogP contribution is -1.94. The minimum absolute atomic E-state index is 0.399. The van der Waals surface area contributed by atoms with Crippen LogP contribution in [0.2, 0.25) is 0 Å². The predicted octanol–water partition coefficient (Wildman–Crippen LogP) is 7.00. The van der Waals surface area contributed by atoms with Crippen molar-refractivity contribution in [1.29, 1.82) is 0 Å². The average molecular weight is 612 g/mol. The van der Waals surface area contributed by atoms with Crippen molar-refractivity contribution in [2.75, 3.05) is 0 Å². The van der Waals surface area contributed by atoms with Gasteiger partial charge < -0.3 is 14.2 Å². The van der Waals surface area contributed by atoms with E-state index >= 15 is 0 Å². The summed E-state index contributed by atoms with van der Waals surface area (Å²) in [5, 5.41) is 1.46. The zero-order valence-corrected chi connectivity index (χ0v) is 23.8. The molecule has 0 atom stereocenters. The van der Waals surface area contributed by atoms with E-state index in [1.807, 2.05) is 54.6 Å². The first kappa shape index (κ1) is 27.1. The summed E-state index contributed by atoms with van der Waals surface area (Å²) < 4.78 is 15.0. The lowest BCUT2D eigenvalue weighted by atomic mass is 10.1. The van der Waals surface area contributed by atoms with Gasteiger partial charge in [-0.25, -0.2) is 4.98 Å². The number of nitrogens with zero attached hydrogens (tertiary/aromatic N) is 3. The summed E-state index contributed by atoms with van der Waals surface area (Å²) in [7, 11) is 0. The third-order valence-corrected chi connectivity index (χ3v) is 9.04. The molecule has 0 aromatic carbocycles. The summed E-state index contributed by atoms with van der Waals surface area (Å²) >= 11 is 4.02. The molecule has 0 saturated carbocycles. The molecule has 206 valence electrons.